The molecule has 1 aromatic carbocycles. The van der Waals surface area contributed by atoms with Crippen molar-refractivity contribution in [3.8, 4) is 5.75 Å². The highest BCUT2D eigenvalue weighted by Gasteiger charge is 2.31. The van der Waals surface area contributed by atoms with Gasteiger partial charge in [-0.05, 0) is 49.4 Å². The van der Waals surface area contributed by atoms with E-state index in [1.807, 2.05) is 0 Å². The Bertz CT molecular complexity index is 859. The second kappa shape index (κ2) is 6.62. The maximum Gasteiger partial charge on any atom is 0.573 e. The van der Waals surface area contributed by atoms with Crippen LogP contribution in [0, 0.1) is 0 Å². The van der Waals surface area contributed by atoms with Crippen LogP contribution in [0.3, 0.4) is 0 Å². The average molecular weight is 352 g/mol. The number of hydrogen-bond acceptors (Lipinski definition) is 3. The van der Waals surface area contributed by atoms with Crippen molar-refractivity contribution in [2.24, 2.45) is 0 Å². The first-order valence-corrected chi connectivity index (χ1v) is 7.74. The number of carbonyl (C=O) groups excluding carboxylic acids is 1. The lowest BCUT2D eigenvalue weighted by molar-refractivity contribution is -0.274. The maximum atomic E-state index is 12.3. The summed E-state index contributed by atoms with van der Waals surface area (Å²) in [6, 6.07) is 6.44. The standard InChI is InChI=1S/C17H15F3N2O3/c18-17(19,20)25-12-6-3-5-11(9-12)21-15(23)13-8-10-4-1-2-7-14(10)22-16(13)24/h3,5-6,8-9H,1-2,4,7H2,(H,21,23)(H,22,24). The van der Waals surface area contributed by atoms with Gasteiger partial charge < -0.3 is 15.0 Å². The molecule has 0 unspecified atom stereocenters. The van der Waals surface area contributed by atoms with Crippen LogP contribution < -0.4 is 15.6 Å². The van der Waals surface area contributed by atoms with Crippen LogP contribution in [0.4, 0.5) is 18.9 Å². The van der Waals surface area contributed by atoms with Gasteiger partial charge in [0, 0.05) is 17.4 Å². The summed E-state index contributed by atoms with van der Waals surface area (Å²) in [4.78, 5) is 27.1. The highest BCUT2D eigenvalue weighted by molar-refractivity contribution is 6.04. The molecule has 0 saturated carbocycles. The molecule has 2 aromatic rings. The molecular formula is C17H15F3N2O3. The van der Waals surface area contributed by atoms with E-state index in [0.29, 0.717) is 0 Å². The number of aryl methyl sites for hydroxylation is 2. The van der Waals surface area contributed by atoms with Gasteiger partial charge in [-0.3, -0.25) is 9.59 Å². The third kappa shape index (κ3) is 4.20. The predicted octanol–water partition coefficient (Wildman–Crippen LogP) is 3.40. The summed E-state index contributed by atoms with van der Waals surface area (Å²) >= 11 is 0. The molecule has 0 fully saturated rings. The topological polar surface area (TPSA) is 71.2 Å². The molecule has 1 aliphatic rings. The van der Waals surface area contributed by atoms with Gasteiger partial charge in [0.1, 0.15) is 11.3 Å². The van der Waals surface area contributed by atoms with Crippen LogP contribution in [0.1, 0.15) is 34.5 Å². The summed E-state index contributed by atoms with van der Waals surface area (Å²) in [6.45, 7) is 0. The molecule has 0 spiro atoms. The minimum atomic E-state index is -4.82. The third-order valence-electron chi connectivity index (χ3n) is 3.91. The Kier molecular flexibility index (Phi) is 4.52. The van der Waals surface area contributed by atoms with Crippen molar-refractivity contribution in [1.29, 1.82) is 0 Å². The summed E-state index contributed by atoms with van der Waals surface area (Å²) in [6.07, 6.45) is -1.31. The van der Waals surface area contributed by atoms with Gasteiger partial charge >= 0.3 is 6.36 Å². The first-order valence-electron chi connectivity index (χ1n) is 7.74. The quantitative estimate of drug-likeness (QED) is 0.889. The second-order valence-corrected chi connectivity index (χ2v) is 5.75. The predicted molar refractivity (Wildman–Crippen MR) is 84.8 cm³/mol. The van der Waals surface area contributed by atoms with Gasteiger partial charge in [0.2, 0.25) is 0 Å². The van der Waals surface area contributed by atoms with Gasteiger partial charge in [-0.15, -0.1) is 13.2 Å². The van der Waals surface area contributed by atoms with Gasteiger partial charge in [0.05, 0.1) is 0 Å². The number of nitrogens with one attached hydrogen (secondary N) is 2. The number of anilines is 1. The molecule has 2 N–H and O–H groups in total. The van der Waals surface area contributed by atoms with E-state index in [1.165, 1.54) is 12.1 Å². The highest BCUT2D eigenvalue weighted by atomic mass is 19.4. The van der Waals surface area contributed by atoms with Crippen molar-refractivity contribution in [3.63, 3.8) is 0 Å². The summed E-state index contributed by atoms with van der Waals surface area (Å²) in [5, 5.41) is 2.43. The van der Waals surface area contributed by atoms with Gasteiger partial charge in [0.25, 0.3) is 11.5 Å². The lowest BCUT2D eigenvalue weighted by atomic mass is 9.95. The molecule has 1 heterocycles. The van der Waals surface area contributed by atoms with Crippen LogP contribution in [-0.2, 0) is 12.8 Å². The molecular weight excluding hydrogens is 337 g/mol. The number of pyridine rings is 1. The fourth-order valence-electron chi connectivity index (χ4n) is 2.81. The second-order valence-electron chi connectivity index (χ2n) is 5.75. The molecule has 8 heteroatoms. The molecule has 0 saturated heterocycles. The zero-order valence-corrected chi connectivity index (χ0v) is 13.1. The Morgan fingerprint density at radius 3 is 2.68 bits per heavy atom. The number of fused-ring (bicyclic) bond motifs is 1. The molecule has 25 heavy (non-hydrogen) atoms. The number of hydrogen-bond donors (Lipinski definition) is 2. The zero-order chi connectivity index (χ0) is 18.0. The monoisotopic (exact) mass is 352 g/mol. The van der Waals surface area contributed by atoms with Gasteiger partial charge in [-0.2, -0.15) is 0 Å². The van der Waals surface area contributed by atoms with Crippen LogP contribution in [0.2, 0.25) is 0 Å². The number of aromatic nitrogens is 1. The van der Waals surface area contributed by atoms with Crippen molar-refractivity contribution < 1.29 is 22.7 Å². The average Bonchev–Trinajstić information content (AvgIpc) is 2.52. The number of carbonyl (C=O) groups is 1. The van der Waals surface area contributed by atoms with E-state index in [9.17, 15) is 22.8 Å². The molecule has 0 radical (unpaired) electrons. The summed E-state index contributed by atoms with van der Waals surface area (Å²) in [5.41, 5.74) is 1.28. The number of aromatic amines is 1. The summed E-state index contributed by atoms with van der Waals surface area (Å²) in [7, 11) is 0. The van der Waals surface area contributed by atoms with E-state index in [0.717, 1.165) is 49.1 Å². The SMILES string of the molecule is O=C(Nc1cccc(OC(F)(F)F)c1)c1cc2c([nH]c1=O)CCCC2. The van der Waals surface area contributed by atoms with Crippen LogP contribution in [-0.4, -0.2) is 17.3 Å². The molecule has 0 bridgehead atoms. The van der Waals surface area contributed by atoms with E-state index in [1.54, 1.807) is 6.07 Å². The normalized spacial score (nSPS) is 13.9. The van der Waals surface area contributed by atoms with E-state index >= 15 is 0 Å². The first kappa shape index (κ1) is 17.1. The molecule has 0 aliphatic heterocycles. The van der Waals surface area contributed by atoms with Crippen LogP contribution in [0.5, 0.6) is 5.75 Å². The number of H-pyrrole nitrogens is 1. The third-order valence-corrected chi connectivity index (χ3v) is 3.91. The van der Waals surface area contributed by atoms with Gasteiger partial charge in [0.15, 0.2) is 0 Å². The first-order chi connectivity index (χ1) is 11.8. The molecule has 3 rings (SSSR count). The van der Waals surface area contributed by atoms with Crippen LogP contribution in [0.25, 0.3) is 0 Å². The Balaban J connectivity index is 1.81. The number of rotatable bonds is 3. The van der Waals surface area contributed by atoms with E-state index in [4.69, 9.17) is 0 Å². The van der Waals surface area contributed by atoms with E-state index < -0.39 is 23.6 Å². The highest BCUT2D eigenvalue weighted by Crippen LogP contribution is 2.25. The molecule has 1 aromatic heterocycles. The van der Waals surface area contributed by atoms with Crippen LogP contribution in [0.15, 0.2) is 35.1 Å². The Hall–Kier alpha value is -2.77. The van der Waals surface area contributed by atoms with E-state index in [2.05, 4.69) is 15.0 Å². The maximum absolute atomic E-state index is 12.3. The fourth-order valence-corrected chi connectivity index (χ4v) is 2.81. The Morgan fingerprint density at radius 2 is 1.92 bits per heavy atom. The number of halogens is 3. The Labute approximate surface area is 140 Å². The fraction of sp³-hybridized carbons (Fsp3) is 0.294. The smallest absolute Gasteiger partial charge is 0.406 e. The number of alkyl halides is 3. The zero-order valence-electron chi connectivity index (χ0n) is 13.1. The molecule has 1 aliphatic carbocycles. The largest absolute Gasteiger partial charge is 0.573 e. The summed E-state index contributed by atoms with van der Waals surface area (Å²) < 4.78 is 40.6. The molecule has 132 valence electrons. The van der Waals surface area contributed by atoms with Crippen molar-refractivity contribution in [3.05, 3.63) is 57.5 Å². The minimum absolute atomic E-state index is 0.0669. The lowest BCUT2D eigenvalue weighted by Gasteiger charge is -2.16. The van der Waals surface area contributed by atoms with Crippen molar-refractivity contribution in [1.82, 2.24) is 4.98 Å². The van der Waals surface area contributed by atoms with Gasteiger partial charge in [-0.1, -0.05) is 6.07 Å². The van der Waals surface area contributed by atoms with E-state index in [-0.39, 0.29) is 11.3 Å². The molecule has 5 nitrogen and oxygen atoms in total. The van der Waals surface area contributed by atoms with Crippen molar-refractivity contribution in [2.75, 3.05) is 5.32 Å². The minimum Gasteiger partial charge on any atom is -0.406 e. The number of ether oxygens (including phenoxy) is 1. The molecule has 0 atom stereocenters. The number of amides is 1. The Morgan fingerprint density at radius 1 is 1.16 bits per heavy atom. The lowest BCUT2D eigenvalue weighted by Crippen LogP contribution is -2.26. The summed E-state index contributed by atoms with van der Waals surface area (Å²) in [5.74, 6) is -1.14. The van der Waals surface area contributed by atoms with Crippen molar-refractivity contribution >= 4 is 11.6 Å². The van der Waals surface area contributed by atoms with Gasteiger partial charge in [-0.25, -0.2) is 0 Å². The number of benzene rings is 1. The molecule has 1 amide bonds. The van der Waals surface area contributed by atoms with Crippen molar-refractivity contribution in [2.45, 2.75) is 32.0 Å². The van der Waals surface area contributed by atoms with Crippen LogP contribution >= 0.6 is 0 Å².